The summed E-state index contributed by atoms with van der Waals surface area (Å²) in [6, 6.07) is 12.1. The number of hydrazone groups is 1. The molecule has 0 fully saturated rings. The van der Waals surface area contributed by atoms with Crippen molar-refractivity contribution < 1.29 is 17.6 Å². The highest BCUT2D eigenvalue weighted by molar-refractivity contribution is 7.89. The lowest BCUT2D eigenvalue weighted by Gasteiger charge is -2.16. The lowest BCUT2D eigenvalue weighted by molar-refractivity contribution is -0.121. The number of aryl methyl sites for hydroxylation is 1. The van der Waals surface area contributed by atoms with E-state index in [0.29, 0.717) is 11.3 Å². The molecule has 1 N–H and O–H groups in total. The number of nitrogens with one attached hydrogen (secondary N) is 1. The molecular formula is C18H20FN3O3S. The smallest absolute Gasteiger partial charge is 0.255 e. The van der Waals surface area contributed by atoms with Crippen LogP contribution in [-0.2, 0) is 14.8 Å². The van der Waals surface area contributed by atoms with Crippen LogP contribution in [0.5, 0.6) is 0 Å². The highest BCUT2D eigenvalue weighted by Gasteiger charge is 2.22. The van der Waals surface area contributed by atoms with E-state index in [9.17, 15) is 17.6 Å². The molecule has 0 unspecified atom stereocenters. The first-order valence-corrected chi connectivity index (χ1v) is 9.26. The Bertz CT molecular complexity index is 925. The third kappa shape index (κ3) is 4.96. The standard InChI is InChI=1S/C18H20FN3O3S/c1-13-7-9-17(10-8-13)26(24,25)22(3)12-18(23)21-20-14(2)15-5-4-6-16(19)11-15/h4-11H,12H2,1-3H3,(H,21,23)/b20-14+. The molecule has 2 aromatic carbocycles. The zero-order valence-corrected chi connectivity index (χ0v) is 15.5. The number of benzene rings is 2. The molecule has 0 aliphatic rings. The summed E-state index contributed by atoms with van der Waals surface area (Å²) in [6.45, 7) is 3.07. The normalized spacial score (nSPS) is 12.3. The first kappa shape index (κ1) is 19.7. The van der Waals surface area contributed by atoms with Crippen molar-refractivity contribution in [3.05, 3.63) is 65.5 Å². The van der Waals surface area contributed by atoms with Crippen molar-refractivity contribution in [3.63, 3.8) is 0 Å². The van der Waals surface area contributed by atoms with Crippen molar-refractivity contribution >= 4 is 21.6 Å². The summed E-state index contributed by atoms with van der Waals surface area (Å²) in [4.78, 5) is 12.1. The Balaban J connectivity index is 2.02. The average Bonchev–Trinajstić information content (AvgIpc) is 2.60. The summed E-state index contributed by atoms with van der Waals surface area (Å²) in [6.07, 6.45) is 0. The summed E-state index contributed by atoms with van der Waals surface area (Å²) >= 11 is 0. The van der Waals surface area contributed by atoms with E-state index in [4.69, 9.17) is 0 Å². The monoisotopic (exact) mass is 377 g/mol. The van der Waals surface area contributed by atoms with Crippen LogP contribution in [0.25, 0.3) is 0 Å². The Hall–Kier alpha value is -2.58. The number of nitrogens with zero attached hydrogens (tertiary/aromatic N) is 2. The molecule has 8 heteroatoms. The van der Waals surface area contributed by atoms with Crippen LogP contribution in [0, 0.1) is 12.7 Å². The van der Waals surface area contributed by atoms with Crippen LogP contribution in [0.15, 0.2) is 58.5 Å². The molecule has 0 spiro atoms. The molecule has 0 aromatic heterocycles. The topological polar surface area (TPSA) is 78.8 Å². The fraction of sp³-hybridized carbons (Fsp3) is 0.222. The molecule has 0 atom stereocenters. The van der Waals surface area contributed by atoms with Gasteiger partial charge in [-0.1, -0.05) is 29.8 Å². The van der Waals surface area contributed by atoms with Crippen LogP contribution in [0.3, 0.4) is 0 Å². The van der Waals surface area contributed by atoms with E-state index in [1.165, 1.54) is 37.4 Å². The van der Waals surface area contributed by atoms with Crippen molar-refractivity contribution in [1.82, 2.24) is 9.73 Å². The number of halogens is 1. The second kappa shape index (κ2) is 8.20. The third-order valence-corrected chi connectivity index (χ3v) is 5.50. The van der Waals surface area contributed by atoms with Crippen molar-refractivity contribution in [1.29, 1.82) is 0 Å². The lowest BCUT2D eigenvalue weighted by atomic mass is 10.1. The predicted octanol–water partition coefficient (Wildman–Crippen LogP) is 2.30. The molecule has 1 amide bonds. The molecule has 0 saturated carbocycles. The number of rotatable bonds is 6. The largest absolute Gasteiger partial charge is 0.272 e. The molecule has 26 heavy (non-hydrogen) atoms. The van der Waals surface area contributed by atoms with Gasteiger partial charge in [-0.15, -0.1) is 0 Å². The molecule has 138 valence electrons. The lowest BCUT2D eigenvalue weighted by Crippen LogP contribution is -2.36. The van der Waals surface area contributed by atoms with Gasteiger partial charge in [0.05, 0.1) is 17.2 Å². The Morgan fingerprint density at radius 2 is 1.85 bits per heavy atom. The Kier molecular flexibility index (Phi) is 6.23. The quantitative estimate of drug-likeness (QED) is 0.620. The molecule has 2 rings (SSSR count). The predicted molar refractivity (Wildman–Crippen MR) is 97.7 cm³/mol. The number of carbonyl (C=O) groups excluding carboxylic acids is 1. The fourth-order valence-electron chi connectivity index (χ4n) is 2.14. The van der Waals surface area contributed by atoms with Crippen molar-refractivity contribution in [3.8, 4) is 0 Å². The second-order valence-electron chi connectivity index (χ2n) is 5.82. The zero-order valence-electron chi connectivity index (χ0n) is 14.7. The third-order valence-electron chi connectivity index (χ3n) is 3.69. The first-order valence-electron chi connectivity index (χ1n) is 7.82. The van der Waals surface area contributed by atoms with E-state index in [0.717, 1.165) is 9.87 Å². The number of hydrogen-bond acceptors (Lipinski definition) is 4. The number of amides is 1. The van der Waals surface area contributed by atoms with E-state index in [-0.39, 0.29) is 4.90 Å². The molecule has 6 nitrogen and oxygen atoms in total. The van der Waals surface area contributed by atoms with Crippen LogP contribution in [0.2, 0.25) is 0 Å². The SMILES string of the molecule is C/C(=N\NC(=O)CN(C)S(=O)(=O)c1ccc(C)cc1)c1cccc(F)c1. The Morgan fingerprint density at radius 1 is 1.19 bits per heavy atom. The van der Waals surface area contributed by atoms with E-state index in [1.54, 1.807) is 25.1 Å². The number of likely N-dealkylation sites (N-methyl/N-ethyl adjacent to an activating group) is 1. The van der Waals surface area contributed by atoms with Crippen LogP contribution in [0.4, 0.5) is 4.39 Å². The highest BCUT2D eigenvalue weighted by atomic mass is 32.2. The fourth-order valence-corrected chi connectivity index (χ4v) is 3.26. The molecule has 0 heterocycles. The zero-order chi connectivity index (χ0) is 19.3. The first-order chi connectivity index (χ1) is 12.2. The molecule has 0 bridgehead atoms. The van der Waals surface area contributed by atoms with Crippen molar-refractivity contribution in [2.75, 3.05) is 13.6 Å². The van der Waals surface area contributed by atoms with Gasteiger partial charge in [-0.3, -0.25) is 4.79 Å². The molecule has 0 saturated heterocycles. The van der Waals surface area contributed by atoms with Gasteiger partial charge in [0.15, 0.2) is 0 Å². The molecule has 0 radical (unpaired) electrons. The maximum atomic E-state index is 13.2. The summed E-state index contributed by atoms with van der Waals surface area (Å²) in [5, 5.41) is 3.88. The van der Waals surface area contributed by atoms with Gasteiger partial charge in [0.2, 0.25) is 10.0 Å². The van der Waals surface area contributed by atoms with Crippen LogP contribution in [-0.4, -0.2) is 37.9 Å². The Morgan fingerprint density at radius 3 is 2.46 bits per heavy atom. The van der Waals surface area contributed by atoms with E-state index >= 15 is 0 Å². The van der Waals surface area contributed by atoms with Crippen molar-refractivity contribution in [2.24, 2.45) is 5.10 Å². The van der Waals surface area contributed by atoms with Crippen molar-refractivity contribution in [2.45, 2.75) is 18.7 Å². The molecule has 0 aliphatic heterocycles. The Labute approximate surface area is 152 Å². The van der Waals surface area contributed by atoms with Crippen LogP contribution >= 0.6 is 0 Å². The van der Waals surface area contributed by atoms with Gasteiger partial charge in [-0.2, -0.15) is 9.41 Å². The number of sulfonamides is 1. The van der Waals surface area contributed by atoms with Crippen LogP contribution in [0.1, 0.15) is 18.1 Å². The summed E-state index contributed by atoms with van der Waals surface area (Å²) in [5.74, 6) is -1.01. The van der Waals surface area contributed by atoms with Gasteiger partial charge in [0.1, 0.15) is 5.82 Å². The summed E-state index contributed by atoms with van der Waals surface area (Å²) in [5.41, 5.74) is 4.14. The molecule has 2 aromatic rings. The number of hydrogen-bond donors (Lipinski definition) is 1. The van der Waals surface area contributed by atoms with E-state index in [2.05, 4.69) is 10.5 Å². The minimum absolute atomic E-state index is 0.109. The maximum Gasteiger partial charge on any atom is 0.255 e. The van der Waals surface area contributed by atoms with Gasteiger partial charge in [-0.05, 0) is 38.1 Å². The van der Waals surface area contributed by atoms with E-state index in [1.807, 2.05) is 6.92 Å². The molecule has 0 aliphatic carbocycles. The van der Waals surface area contributed by atoms with Gasteiger partial charge >= 0.3 is 0 Å². The maximum absolute atomic E-state index is 13.2. The highest BCUT2D eigenvalue weighted by Crippen LogP contribution is 2.14. The number of carbonyl (C=O) groups is 1. The van der Waals surface area contributed by atoms with Gasteiger partial charge in [0.25, 0.3) is 5.91 Å². The minimum atomic E-state index is -3.77. The van der Waals surface area contributed by atoms with E-state index < -0.39 is 28.3 Å². The summed E-state index contributed by atoms with van der Waals surface area (Å²) in [7, 11) is -2.46. The van der Waals surface area contributed by atoms with Gasteiger partial charge < -0.3 is 0 Å². The second-order valence-corrected chi connectivity index (χ2v) is 7.86. The van der Waals surface area contributed by atoms with Gasteiger partial charge in [0, 0.05) is 12.6 Å². The van der Waals surface area contributed by atoms with Crippen LogP contribution < -0.4 is 5.43 Å². The average molecular weight is 377 g/mol. The minimum Gasteiger partial charge on any atom is -0.272 e. The summed E-state index contributed by atoms with van der Waals surface area (Å²) < 4.78 is 39.0. The van der Waals surface area contributed by atoms with Gasteiger partial charge in [-0.25, -0.2) is 18.2 Å². The molecular weight excluding hydrogens is 357 g/mol.